The molecular weight excluding hydrogens is 558 g/mol. The normalized spacial score (nSPS) is 27.9. The highest BCUT2D eigenvalue weighted by molar-refractivity contribution is 8.02. The summed E-state index contributed by atoms with van der Waals surface area (Å²) in [5.74, 6) is -1.54. The zero-order valence-corrected chi connectivity index (χ0v) is 26.0. The number of benzene rings is 2. The van der Waals surface area contributed by atoms with Crippen LogP contribution in [0.5, 0.6) is 0 Å². The van der Waals surface area contributed by atoms with E-state index in [4.69, 9.17) is 0 Å². The topological polar surface area (TPSA) is 81.2 Å². The van der Waals surface area contributed by atoms with Crippen molar-refractivity contribution in [2.24, 2.45) is 17.8 Å². The molecule has 43 heavy (non-hydrogen) atoms. The Kier molecular flexibility index (Phi) is 9.47. The predicted octanol–water partition coefficient (Wildman–Crippen LogP) is 4.52. The maximum atomic E-state index is 14.7. The van der Waals surface area contributed by atoms with Crippen molar-refractivity contribution in [1.82, 2.24) is 14.7 Å². The van der Waals surface area contributed by atoms with Crippen molar-refractivity contribution >= 4 is 29.5 Å². The van der Waals surface area contributed by atoms with Gasteiger partial charge < -0.3 is 19.8 Å². The first kappa shape index (κ1) is 31.1. The molecule has 228 valence electrons. The van der Waals surface area contributed by atoms with Crippen molar-refractivity contribution in [3.63, 3.8) is 0 Å². The second-order valence-electron chi connectivity index (χ2n) is 12.0. The van der Waals surface area contributed by atoms with Crippen LogP contribution in [0.4, 0.5) is 0 Å². The van der Waals surface area contributed by atoms with E-state index in [1.165, 1.54) is 0 Å². The molecule has 0 radical (unpaired) electrons. The van der Waals surface area contributed by atoms with Crippen LogP contribution >= 0.6 is 11.8 Å². The molecule has 2 aromatic rings. The number of rotatable bonds is 13. The molecule has 3 fully saturated rings. The lowest BCUT2D eigenvalue weighted by atomic mass is 9.65. The maximum absolute atomic E-state index is 14.7. The summed E-state index contributed by atoms with van der Waals surface area (Å²) >= 11 is 1.67. The Morgan fingerprint density at radius 3 is 2.02 bits per heavy atom. The van der Waals surface area contributed by atoms with Gasteiger partial charge in [0.15, 0.2) is 0 Å². The molecule has 1 spiro atoms. The third-order valence-electron chi connectivity index (χ3n) is 9.53. The Hall–Kier alpha value is -3.36. The number of nitrogens with zero attached hydrogens (tertiary/aromatic N) is 3. The fourth-order valence-corrected chi connectivity index (χ4v) is 9.99. The number of amides is 3. The van der Waals surface area contributed by atoms with E-state index in [1.807, 2.05) is 67.6 Å². The Labute approximate surface area is 259 Å². The quantitative estimate of drug-likeness (QED) is 0.342. The highest BCUT2D eigenvalue weighted by Gasteiger charge is 2.76. The zero-order valence-electron chi connectivity index (χ0n) is 25.2. The average Bonchev–Trinajstić information content (AvgIpc) is 3.61. The van der Waals surface area contributed by atoms with Gasteiger partial charge in [0.05, 0.1) is 29.2 Å². The molecule has 0 aromatic heterocycles. The Balaban J connectivity index is 1.55. The fourth-order valence-electron chi connectivity index (χ4n) is 7.60. The van der Waals surface area contributed by atoms with E-state index in [1.54, 1.807) is 38.6 Å². The lowest BCUT2D eigenvalue weighted by molar-refractivity contribution is -0.147. The van der Waals surface area contributed by atoms with Crippen molar-refractivity contribution in [1.29, 1.82) is 0 Å². The molecule has 0 aliphatic carbocycles. The first-order chi connectivity index (χ1) is 20.8. The summed E-state index contributed by atoms with van der Waals surface area (Å²) in [5, 5.41) is 10.4. The second-order valence-corrected chi connectivity index (χ2v) is 13.6. The van der Waals surface area contributed by atoms with Gasteiger partial charge in [-0.05, 0) is 29.9 Å². The van der Waals surface area contributed by atoms with Crippen LogP contribution in [0, 0.1) is 17.8 Å². The van der Waals surface area contributed by atoms with Crippen molar-refractivity contribution in [3.8, 4) is 0 Å². The van der Waals surface area contributed by atoms with Gasteiger partial charge in [-0.3, -0.25) is 14.4 Å². The minimum atomic E-state index is -0.782. The largest absolute Gasteiger partial charge is 0.394 e. The van der Waals surface area contributed by atoms with Crippen LogP contribution in [0.3, 0.4) is 0 Å². The summed E-state index contributed by atoms with van der Waals surface area (Å²) in [6.45, 7) is 13.1. The number of aliphatic hydroxyl groups is 1. The minimum absolute atomic E-state index is 0.0416. The predicted molar refractivity (Wildman–Crippen MR) is 171 cm³/mol. The van der Waals surface area contributed by atoms with E-state index >= 15 is 0 Å². The van der Waals surface area contributed by atoms with Gasteiger partial charge >= 0.3 is 0 Å². The molecule has 1 N–H and O–H groups in total. The summed E-state index contributed by atoms with van der Waals surface area (Å²) in [5.41, 5.74) is 2.00. The second kappa shape index (κ2) is 13.1. The average molecular weight is 602 g/mol. The van der Waals surface area contributed by atoms with Crippen LogP contribution in [-0.4, -0.2) is 79.3 Å². The molecule has 2 aromatic carbocycles. The van der Waals surface area contributed by atoms with Crippen LogP contribution in [0.1, 0.15) is 37.8 Å². The Bertz CT molecular complexity index is 1330. The molecule has 7 nitrogen and oxygen atoms in total. The number of carbonyl (C=O) groups is 3. The maximum Gasteiger partial charge on any atom is 0.247 e. The van der Waals surface area contributed by atoms with Gasteiger partial charge in [0.2, 0.25) is 17.7 Å². The van der Waals surface area contributed by atoms with Gasteiger partial charge in [0.1, 0.15) is 6.04 Å². The van der Waals surface area contributed by atoms with Gasteiger partial charge in [-0.2, -0.15) is 0 Å². The highest BCUT2D eigenvalue weighted by Crippen LogP contribution is 2.69. The van der Waals surface area contributed by atoms with Crippen LogP contribution < -0.4 is 0 Å². The summed E-state index contributed by atoms with van der Waals surface area (Å²) < 4.78 is -0.759. The lowest BCUT2D eigenvalue weighted by Crippen LogP contribution is -2.59. The van der Waals surface area contributed by atoms with E-state index in [-0.39, 0.29) is 35.5 Å². The molecule has 3 unspecified atom stereocenters. The Morgan fingerprint density at radius 1 is 1.00 bits per heavy atom. The number of hydrogen-bond donors (Lipinski definition) is 1. The van der Waals surface area contributed by atoms with Crippen LogP contribution in [0.2, 0.25) is 0 Å². The Morgan fingerprint density at radius 2 is 1.53 bits per heavy atom. The molecule has 5 rings (SSSR count). The van der Waals surface area contributed by atoms with Crippen molar-refractivity contribution in [2.45, 2.75) is 61.9 Å². The van der Waals surface area contributed by atoms with Crippen LogP contribution in [0.25, 0.3) is 0 Å². The molecule has 3 aliphatic heterocycles. The molecule has 0 saturated carbocycles. The first-order valence-electron chi connectivity index (χ1n) is 15.3. The summed E-state index contributed by atoms with van der Waals surface area (Å²) in [6.07, 6.45) is 4.70. The van der Waals surface area contributed by atoms with Crippen LogP contribution in [-0.2, 0) is 27.5 Å². The minimum Gasteiger partial charge on any atom is -0.394 e. The van der Waals surface area contributed by atoms with Gasteiger partial charge in [-0.25, -0.2) is 0 Å². The zero-order chi connectivity index (χ0) is 30.7. The van der Waals surface area contributed by atoms with Gasteiger partial charge in [-0.1, -0.05) is 86.7 Å². The van der Waals surface area contributed by atoms with E-state index in [2.05, 4.69) is 20.1 Å². The van der Waals surface area contributed by atoms with E-state index < -0.39 is 28.7 Å². The molecular formula is C35H43N3O4S. The third-order valence-corrected chi connectivity index (χ3v) is 11.6. The van der Waals surface area contributed by atoms with E-state index in [0.29, 0.717) is 32.6 Å². The molecule has 7 atom stereocenters. The number of carbonyl (C=O) groups excluding carboxylic acids is 3. The number of likely N-dealkylation sites (tertiary alicyclic amines) is 1. The highest BCUT2D eigenvalue weighted by atomic mass is 32.2. The number of fused-ring (bicyclic) bond motifs is 1. The monoisotopic (exact) mass is 601 g/mol. The van der Waals surface area contributed by atoms with E-state index in [0.717, 1.165) is 17.5 Å². The molecule has 3 heterocycles. The van der Waals surface area contributed by atoms with Crippen LogP contribution in [0.15, 0.2) is 86.0 Å². The lowest BCUT2D eigenvalue weighted by Gasteiger charge is -2.42. The number of hydrogen-bond acceptors (Lipinski definition) is 5. The van der Waals surface area contributed by atoms with Gasteiger partial charge in [0.25, 0.3) is 0 Å². The van der Waals surface area contributed by atoms with Gasteiger partial charge in [0, 0.05) is 31.4 Å². The third kappa shape index (κ3) is 5.44. The summed E-state index contributed by atoms with van der Waals surface area (Å²) in [6, 6.07) is 18.3. The first-order valence-corrected chi connectivity index (χ1v) is 16.2. The van der Waals surface area contributed by atoms with Crippen molar-refractivity contribution in [3.05, 3.63) is 97.1 Å². The molecule has 3 amide bonds. The number of thioether (sulfide) groups is 1. The van der Waals surface area contributed by atoms with Crippen molar-refractivity contribution < 1.29 is 19.5 Å². The summed E-state index contributed by atoms with van der Waals surface area (Å²) in [4.78, 5) is 49.0. The fraction of sp³-hybridized carbons (Fsp3) is 0.457. The van der Waals surface area contributed by atoms with E-state index in [9.17, 15) is 19.5 Å². The molecule has 8 heteroatoms. The molecule has 2 bridgehead atoms. The summed E-state index contributed by atoms with van der Waals surface area (Å²) in [7, 11) is 0. The standard InChI is InChI=1S/C35H43N3O4S/c1-5-18-36(21-25-14-10-8-11-15-25)32(40)29-28-20-24(4)35(43-28)30(29)33(41)38(27(7-3)23-39)31(35)34(42)37(19-6-2)22-26-16-12-9-13-17-26/h5-6,8-17,24,27-31,39H,1-2,7,18-23H2,3-4H3/t24?,27-,28-,29+,30-,31?,35?/m0/s1. The smallest absolute Gasteiger partial charge is 0.247 e. The SMILES string of the molecule is C=CCN(Cc1ccccc1)C(=O)C1N([C@@H](CC)CO)C(=O)[C@@H]2[C@H](C(=O)N(CC=C)Cc3ccccc3)[C@@H]3CC(C)C12S3. The van der Waals surface area contributed by atoms with Crippen molar-refractivity contribution in [2.75, 3.05) is 19.7 Å². The van der Waals surface area contributed by atoms with Gasteiger partial charge in [-0.15, -0.1) is 24.9 Å². The number of aliphatic hydroxyl groups excluding tert-OH is 1. The molecule has 3 saturated heterocycles. The molecule has 3 aliphatic rings.